The molecule has 2 amide bonds. The van der Waals surface area contributed by atoms with Crippen molar-refractivity contribution >= 4 is 40.6 Å². The number of carboxylic acid groups (broad SMARTS) is 1. The summed E-state index contributed by atoms with van der Waals surface area (Å²) in [5.74, 6) is -2.09. The third kappa shape index (κ3) is 4.01. The lowest BCUT2D eigenvalue weighted by Gasteiger charge is -2.13. The highest BCUT2D eigenvalue weighted by Gasteiger charge is 2.37. The van der Waals surface area contributed by atoms with Crippen LogP contribution < -0.4 is 9.64 Å². The average Bonchev–Trinajstić information content (AvgIpc) is 2.89. The van der Waals surface area contributed by atoms with Crippen molar-refractivity contribution in [2.75, 3.05) is 4.90 Å². The number of para-hydroxylation sites is 1. The van der Waals surface area contributed by atoms with Crippen molar-refractivity contribution in [3.8, 4) is 5.75 Å². The summed E-state index contributed by atoms with van der Waals surface area (Å²) >= 11 is 0.702. The van der Waals surface area contributed by atoms with Crippen molar-refractivity contribution in [3.63, 3.8) is 0 Å². The standard InChI is InChI=1S/C19H14FNO5S/c1-11(18(23)24)26-13-6-4-5-12(9-13)10-16-17(22)21(19(25)27-16)15-8-3-2-7-14(15)20/h2-11H,1H3,(H,23,24)/b16-10+. The molecular weight excluding hydrogens is 373 g/mol. The maximum Gasteiger partial charge on any atom is 0.344 e. The molecule has 8 heteroatoms. The number of carbonyl (C=O) groups is 3. The highest BCUT2D eigenvalue weighted by molar-refractivity contribution is 8.19. The van der Waals surface area contributed by atoms with Crippen LogP contribution in [-0.4, -0.2) is 28.3 Å². The van der Waals surface area contributed by atoms with Crippen LogP contribution in [0.4, 0.5) is 14.9 Å². The summed E-state index contributed by atoms with van der Waals surface area (Å²) < 4.78 is 19.2. The predicted molar refractivity (Wildman–Crippen MR) is 99.0 cm³/mol. The van der Waals surface area contributed by atoms with E-state index in [4.69, 9.17) is 9.84 Å². The maximum atomic E-state index is 13.9. The molecule has 2 aromatic rings. The fourth-order valence-corrected chi connectivity index (χ4v) is 3.23. The molecule has 27 heavy (non-hydrogen) atoms. The summed E-state index contributed by atoms with van der Waals surface area (Å²) in [5, 5.41) is 8.31. The van der Waals surface area contributed by atoms with Crippen molar-refractivity contribution in [2.45, 2.75) is 13.0 Å². The van der Waals surface area contributed by atoms with E-state index in [1.54, 1.807) is 24.3 Å². The fraction of sp³-hybridized carbons (Fsp3) is 0.105. The number of hydrogen-bond acceptors (Lipinski definition) is 5. The van der Waals surface area contributed by atoms with Gasteiger partial charge >= 0.3 is 5.97 Å². The lowest BCUT2D eigenvalue weighted by atomic mass is 10.2. The van der Waals surface area contributed by atoms with E-state index in [1.807, 2.05) is 0 Å². The summed E-state index contributed by atoms with van der Waals surface area (Å²) in [6.45, 7) is 1.40. The van der Waals surface area contributed by atoms with Gasteiger partial charge in [-0.25, -0.2) is 14.1 Å². The van der Waals surface area contributed by atoms with Crippen molar-refractivity contribution in [2.24, 2.45) is 0 Å². The van der Waals surface area contributed by atoms with E-state index in [0.29, 0.717) is 23.1 Å². The number of aliphatic carboxylic acids is 1. The van der Waals surface area contributed by atoms with Gasteiger partial charge in [0.05, 0.1) is 10.6 Å². The van der Waals surface area contributed by atoms with E-state index in [1.165, 1.54) is 37.3 Å². The number of amides is 2. The third-order valence-corrected chi connectivity index (χ3v) is 4.57. The average molecular weight is 387 g/mol. The molecule has 0 aromatic heterocycles. The number of rotatable bonds is 5. The Morgan fingerprint density at radius 2 is 1.96 bits per heavy atom. The molecule has 1 fully saturated rings. The van der Waals surface area contributed by atoms with Gasteiger partial charge in [0, 0.05) is 0 Å². The molecule has 1 aliphatic heterocycles. The van der Waals surface area contributed by atoms with Gasteiger partial charge in [0.1, 0.15) is 11.6 Å². The molecule has 1 saturated heterocycles. The summed E-state index contributed by atoms with van der Waals surface area (Å²) in [5.41, 5.74) is 0.444. The lowest BCUT2D eigenvalue weighted by molar-refractivity contribution is -0.144. The SMILES string of the molecule is CC(Oc1cccc(/C=C2/SC(=O)N(c3ccccc3F)C2=O)c1)C(=O)O. The Bertz CT molecular complexity index is 959. The van der Waals surface area contributed by atoms with Crippen LogP contribution in [-0.2, 0) is 9.59 Å². The zero-order valence-electron chi connectivity index (χ0n) is 14.1. The van der Waals surface area contributed by atoms with E-state index in [0.717, 1.165) is 4.90 Å². The number of carbonyl (C=O) groups excluding carboxylic acids is 2. The Hall–Kier alpha value is -3.13. The minimum Gasteiger partial charge on any atom is -0.479 e. The number of ether oxygens (including phenoxy) is 1. The van der Waals surface area contributed by atoms with Gasteiger partial charge in [-0.1, -0.05) is 24.3 Å². The minimum atomic E-state index is -1.11. The second kappa shape index (κ2) is 7.63. The van der Waals surface area contributed by atoms with Crippen LogP contribution in [0, 0.1) is 5.82 Å². The van der Waals surface area contributed by atoms with Crippen LogP contribution in [0.2, 0.25) is 0 Å². The second-order valence-electron chi connectivity index (χ2n) is 5.64. The van der Waals surface area contributed by atoms with Gasteiger partial charge in [0.25, 0.3) is 11.1 Å². The summed E-state index contributed by atoms with van der Waals surface area (Å²) in [4.78, 5) is 36.6. The smallest absolute Gasteiger partial charge is 0.344 e. The number of imide groups is 1. The van der Waals surface area contributed by atoms with Crippen molar-refractivity contribution in [1.82, 2.24) is 0 Å². The zero-order chi connectivity index (χ0) is 19.6. The normalized spacial score (nSPS) is 16.7. The van der Waals surface area contributed by atoms with E-state index in [9.17, 15) is 18.8 Å². The Balaban J connectivity index is 1.86. The number of benzene rings is 2. The highest BCUT2D eigenvalue weighted by Crippen LogP contribution is 2.36. The first-order valence-electron chi connectivity index (χ1n) is 7.89. The van der Waals surface area contributed by atoms with Crippen LogP contribution in [0.25, 0.3) is 6.08 Å². The highest BCUT2D eigenvalue weighted by atomic mass is 32.2. The summed E-state index contributed by atoms with van der Waals surface area (Å²) in [7, 11) is 0. The van der Waals surface area contributed by atoms with E-state index < -0.39 is 29.0 Å². The van der Waals surface area contributed by atoms with Crippen LogP contribution in [0.15, 0.2) is 53.4 Å². The third-order valence-electron chi connectivity index (χ3n) is 3.70. The van der Waals surface area contributed by atoms with Gasteiger partial charge in [-0.2, -0.15) is 0 Å². The Morgan fingerprint density at radius 3 is 2.67 bits per heavy atom. The molecule has 3 rings (SSSR count). The molecule has 0 bridgehead atoms. The molecule has 1 aliphatic rings. The van der Waals surface area contributed by atoms with Crippen LogP contribution in [0.3, 0.4) is 0 Å². The van der Waals surface area contributed by atoms with E-state index >= 15 is 0 Å². The zero-order valence-corrected chi connectivity index (χ0v) is 14.9. The van der Waals surface area contributed by atoms with Gasteiger partial charge in [-0.3, -0.25) is 9.59 Å². The van der Waals surface area contributed by atoms with Crippen molar-refractivity contribution in [3.05, 3.63) is 64.8 Å². The Morgan fingerprint density at radius 1 is 1.22 bits per heavy atom. The molecule has 138 valence electrons. The quantitative estimate of drug-likeness (QED) is 0.783. The van der Waals surface area contributed by atoms with Crippen molar-refractivity contribution in [1.29, 1.82) is 0 Å². The molecule has 0 saturated carbocycles. The van der Waals surface area contributed by atoms with Gasteiger partial charge in [-0.05, 0) is 54.6 Å². The Kier molecular flexibility index (Phi) is 5.27. The summed E-state index contributed by atoms with van der Waals surface area (Å²) in [6.07, 6.45) is 0.442. The molecule has 6 nitrogen and oxygen atoms in total. The molecule has 2 aromatic carbocycles. The predicted octanol–water partition coefficient (Wildman–Crippen LogP) is 3.92. The second-order valence-corrected chi connectivity index (χ2v) is 6.63. The molecule has 0 spiro atoms. The molecule has 1 N–H and O–H groups in total. The van der Waals surface area contributed by atoms with E-state index in [2.05, 4.69) is 0 Å². The molecule has 1 heterocycles. The van der Waals surface area contributed by atoms with Gasteiger partial charge < -0.3 is 9.84 Å². The largest absolute Gasteiger partial charge is 0.479 e. The number of thioether (sulfide) groups is 1. The van der Waals surface area contributed by atoms with Crippen LogP contribution in [0.1, 0.15) is 12.5 Å². The number of anilines is 1. The number of carboxylic acids is 1. The monoisotopic (exact) mass is 387 g/mol. The first kappa shape index (κ1) is 18.7. The fourth-order valence-electron chi connectivity index (χ4n) is 2.39. The number of hydrogen-bond donors (Lipinski definition) is 1. The first-order valence-corrected chi connectivity index (χ1v) is 8.70. The van der Waals surface area contributed by atoms with E-state index in [-0.39, 0.29) is 10.6 Å². The van der Waals surface area contributed by atoms with Gasteiger partial charge in [0.2, 0.25) is 0 Å². The van der Waals surface area contributed by atoms with Crippen LogP contribution in [0.5, 0.6) is 5.75 Å². The minimum absolute atomic E-state index is 0.101. The first-order chi connectivity index (χ1) is 12.9. The van der Waals surface area contributed by atoms with Crippen molar-refractivity contribution < 1.29 is 28.6 Å². The van der Waals surface area contributed by atoms with Gasteiger partial charge in [0.15, 0.2) is 6.10 Å². The molecule has 0 aliphatic carbocycles. The lowest BCUT2D eigenvalue weighted by Crippen LogP contribution is -2.28. The molecule has 0 radical (unpaired) electrons. The van der Waals surface area contributed by atoms with Gasteiger partial charge in [-0.15, -0.1) is 0 Å². The molecular formula is C19H14FNO5S. The molecule has 1 unspecified atom stereocenters. The number of nitrogens with zero attached hydrogens (tertiary/aromatic N) is 1. The van der Waals surface area contributed by atoms with Crippen LogP contribution >= 0.6 is 11.8 Å². The maximum absolute atomic E-state index is 13.9. The number of halogens is 1. The molecule has 1 atom stereocenters. The summed E-state index contributed by atoms with van der Waals surface area (Å²) in [6, 6.07) is 12.0. The Labute approximate surface area is 158 Å². The topological polar surface area (TPSA) is 83.9 Å².